The van der Waals surface area contributed by atoms with Gasteiger partial charge in [-0.2, -0.15) is 0 Å². The summed E-state index contributed by atoms with van der Waals surface area (Å²) in [7, 11) is 0. The maximum atomic E-state index is 13.2. The van der Waals surface area contributed by atoms with Crippen molar-refractivity contribution in [1.82, 2.24) is 19.4 Å². The van der Waals surface area contributed by atoms with Crippen molar-refractivity contribution in [2.24, 2.45) is 0 Å². The SMILES string of the molecule is C=CC(=O)N1CCCC[C@@H](n2c(NC(=O)c3ccnc(C(F)F)c3)nc3cc(OC4COC4)cc(Cl)c32)C1. The number of benzene rings is 1. The molecule has 2 aromatic heterocycles. The fourth-order valence-electron chi connectivity index (χ4n) is 4.69. The fourth-order valence-corrected chi connectivity index (χ4v) is 4.98. The smallest absolute Gasteiger partial charge is 0.280 e. The third kappa shape index (κ3) is 5.34. The van der Waals surface area contributed by atoms with Gasteiger partial charge in [-0.15, -0.1) is 0 Å². The number of hydrogen-bond donors (Lipinski definition) is 1. The predicted molar refractivity (Wildman–Crippen MR) is 137 cm³/mol. The molecule has 2 saturated heterocycles. The van der Waals surface area contributed by atoms with E-state index in [9.17, 15) is 18.4 Å². The number of ether oxygens (including phenoxy) is 2. The van der Waals surface area contributed by atoms with Crippen LogP contribution in [0.4, 0.5) is 14.7 Å². The number of hydrogen-bond acceptors (Lipinski definition) is 6. The third-order valence-corrected chi connectivity index (χ3v) is 6.90. The zero-order chi connectivity index (χ0) is 26.8. The quantitative estimate of drug-likeness (QED) is 0.429. The molecule has 0 saturated carbocycles. The first-order valence-electron chi connectivity index (χ1n) is 12.3. The van der Waals surface area contributed by atoms with Crippen molar-refractivity contribution < 1.29 is 27.8 Å². The van der Waals surface area contributed by atoms with Crippen molar-refractivity contribution in [1.29, 1.82) is 0 Å². The number of fused-ring (bicyclic) bond motifs is 1. The van der Waals surface area contributed by atoms with Gasteiger partial charge in [0.1, 0.15) is 17.5 Å². The molecule has 200 valence electrons. The van der Waals surface area contributed by atoms with E-state index >= 15 is 0 Å². The van der Waals surface area contributed by atoms with E-state index in [2.05, 4.69) is 21.9 Å². The zero-order valence-electron chi connectivity index (χ0n) is 20.4. The summed E-state index contributed by atoms with van der Waals surface area (Å²) in [5, 5.41) is 3.13. The molecule has 2 amide bonds. The molecular formula is C26H26ClF2N5O4. The molecule has 5 rings (SSSR count). The van der Waals surface area contributed by atoms with Crippen LogP contribution in [0.25, 0.3) is 11.0 Å². The van der Waals surface area contributed by atoms with Gasteiger partial charge in [-0.05, 0) is 37.5 Å². The molecule has 1 N–H and O–H groups in total. The highest BCUT2D eigenvalue weighted by Crippen LogP contribution is 2.37. The van der Waals surface area contributed by atoms with Crippen LogP contribution in [0.5, 0.6) is 5.75 Å². The number of imidazole rings is 1. The van der Waals surface area contributed by atoms with Gasteiger partial charge in [-0.1, -0.05) is 18.2 Å². The number of carbonyl (C=O) groups excluding carboxylic acids is 2. The van der Waals surface area contributed by atoms with E-state index in [-0.39, 0.29) is 29.6 Å². The number of carbonyl (C=O) groups is 2. The van der Waals surface area contributed by atoms with Crippen LogP contribution in [-0.4, -0.2) is 63.7 Å². The van der Waals surface area contributed by atoms with Gasteiger partial charge in [-0.3, -0.25) is 19.9 Å². The molecule has 38 heavy (non-hydrogen) atoms. The van der Waals surface area contributed by atoms with Gasteiger partial charge in [0.15, 0.2) is 0 Å². The molecule has 3 aromatic rings. The lowest BCUT2D eigenvalue weighted by molar-refractivity contribution is -0.126. The average molecular weight is 546 g/mol. The molecule has 1 atom stereocenters. The summed E-state index contributed by atoms with van der Waals surface area (Å²) >= 11 is 6.75. The number of likely N-dealkylation sites (tertiary alicyclic amines) is 1. The summed E-state index contributed by atoms with van der Waals surface area (Å²) in [5.41, 5.74) is 0.564. The number of halogens is 3. The van der Waals surface area contributed by atoms with Gasteiger partial charge in [0.05, 0.1) is 35.3 Å². The van der Waals surface area contributed by atoms with Crippen LogP contribution >= 0.6 is 11.6 Å². The number of alkyl halides is 2. The van der Waals surface area contributed by atoms with E-state index in [1.54, 1.807) is 17.0 Å². The Morgan fingerprint density at radius 3 is 2.79 bits per heavy atom. The largest absolute Gasteiger partial charge is 0.485 e. The molecule has 0 bridgehead atoms. The Kier molecular flexibility index (Phi) is 7.57. The number of rotatable bonds is 7. The first-order chi connectivity index (χ1) is 18.3. The molecule has 2 aliphatic rings. The van der Waals surface area contributed by atoms with E-state index in [0.29, 0.717) is 54.5 Å². The average Bonchev–Trinajstić information content (AvgIpc) is 3.06. The topological polar surface area (TPSA) is 98.6 Å². The second-order valence-electron chi connectivity index (χ2n) is 9.22. The van der Waals surface area contributed by atoms with Crippen LogP contribution in [0.3, 0.4) is 0 Å². The number of nitrogens with zero attached hydrogens (tertiary/aromatic N) is 4. The molecule has 0 radical (unpaired) electrons. The van der Waals surface area contributed by atoms with Crippen molar-refractivity contribution in [3.8, 4) is 5.75 Å². The maximum Gasteiger partial charge on any atom is 0.280 e. The summed E-state index contributed by atoms with van der Waals surface area (Å²) in [4.78, 5) is 35.6. The molecular weight excluding hydrogens is 520 g/mol. The zero-order valence-corrected chi connectivity index (χ0v) is 21.2. The van der Waals surface area contributed by atoms with Crippen molar-refractivity contribution in [2.45, 2.75) is 37.8 Å². The highest BCUT2D eigenvalue weighted by Gasteiger charge is 2.29. The highest BCUT2D eigenvalue weighted by atomic mass is 35.5. The lowest BCUT2D eigenvalue weighted by Gasteiger charge is -2.27. The van der Waals surface area contributed by atoms with Gasteiger partial charge in [0.25, 0.3) is 12.3 Å². The number of pyridine rings is 1. The molecule has 0 aliphatic carbocycles. The first kappa shape index (κ1) is 26.1. The summed E-state index contributed by atoms with van der Waals surface area (Å²) in [6.07, 6.45) is 1.89. The fraction of sp³-hybridized carbons (Fsp3) is 0.385. The van der Waals surface area contributed by atoms with Crippen LogP contribution in [0.2, 0.25) is 5.02 Å². The second-order valence-corrected chi connectivity index (χ2v) is 9.62. The van der Waals surface area contributed by atoms with Crippen molar-refractivity contribution >= 4 is 40.4 Å². The summed E-state index contributed by atoms with van der Waals surface area (Å²) in [6.45, 7) is 5.50. The van der Waals surface area contributed by atoms with Crippen molar-refractivity contribution in [2.75, 3.05) is 31.6 Å². The lowest BCUT2D eigenvalue weighted by atomic mass is 10.1. The molecule has 9 nitrogen and oxygen atoms in total. The Morgan fingerprint density at radius 2 is 2.08 bits per heavy atom. The van der Waals surface area contributed by atoms with Crippen LogP contribution in [0, 0.1) is 0 Å². The second kappa shape index (κ2) is 11.0. The highest BCUT2D eigenvalue weighted by molar-refractivity contribution is 6.35. The summed E-state index contributed by atoms with van der Waals surface area (Å²) in [6, 6.07) is 5.55. The van der Waals surface area contributed by atoms with Gasteiger partial charge >= 0.3 is 0 Å². The minimum Gasteiger partial charge on any atom is -0.485 e. The number of aromatic nitrogens is 3. The Morgan fingerprint density at radius 1 is 1.26 bits per heavy atom. The summed E-state index contributed by atoms with van der Waals surface area (Å²) < 4.78 is 39.2. The number of nitrogens with one attached hydrogen (secondary N) is 1. The molecule has 12 heteroatoms. The van der Waals surface area contributed by atoms with Gasteiger partial charge in [0, 0.05) is 37.0 Å². The Balaban J connectivity index is 1.56. The molecule has 1 aromatic carbocycles. The molecule has 2 fully saturated rings. The van der Waals surface area contributed by atoms with Crippen LogP contribution in [0.1, 0.15) is 47.8 Å². The molecule has 2 aliphatic heterocycles. The van der Waals surface area contributed by atoms with Gasteiger partial charge in [0.2, 0.25) is 11.9 Å². The van der Waals surface area contributed by atoms with Crippen LogP contribution < -0.4 is 10.1 Å². The van der Waals surface area contributed by atoms with E-state index in [1.165, 1.54) is 12.1 Å². The van der Waals surface area contributed by atoms with E-state index < -0.39 is 18.0 Å². The Hall–Kier alpha value is -3.57. The monoisotopic (exact) mass is 545 g/mol. The van der Waals surface area contributed by atoms with Gasteiger partial charge in [-0.25, -0.2) is 13.8 Å². The number of amides is 2. The van der Waals surface area contributed by atoms with Gasteiger partial charge < -0.3 is 18.9 Å². The van der Waals surface area contributed by atoms with Crippen LogP contribution in [-0.2, 0) is 9.53 Å². The van der Waals surface area contributed by atoms with Crippen molar-refractivity contribution in [3.05, 3.63) is 59.4 Å². The molecule has 4 heterocycles. The molecule has 0 unspecified atom stereocenters. The van der Waals surface area contributed by atoms with Crippen LogP contribution in [0.15, 0.2) is 43.1 Å². The van der Waals surface area contributed by atoms with E-state index in [1.807, 2.05) is 4.57 Å². The Labute approximate surface area is 222 Å². The molecule has 0 spiro atoms. The van der Waals surface area contributed by atoms with E-state index in [4.69, 9.17) is 21.1 Å². The normalized spacial score (nSPS) is 18.2. The maximum absolute atomic E-state index is 13.2. The Bertz CT molecular complexity index is 1380. The minimum atomic E-state index is -2.81. The van der Waals surface area contributed by atoms with Crippen molar-refractivity contribution in [3.63, 3.8) is 0 Å². The standard InChI is InChI=1S/C26H26ClF2N5O4/c1-2-22(35)33-8-4-3-5-16(12-33)34-23-19(27)10-17(38-18-13-37-14-18)11-20(23)31-26(34)32-25(36)15-6-7-30-21(9-15)24(28)29/h2,6-7,9-11,16,18,24H,1,3-5,8,12-14H2,(H,31,32,36)/t16-/m1/s1. The van der Waals surface area contributed by atoms with E-state index in [0.717, 1.165) is 25.1 Å². The minimum absolute atomic E-state index is 0.0123. The first-order valence-corrected chi connectivity index (χ1v) is 12.6. The lowest BCUT2D eigenvalue weighted by Crippen LogP contribution is -2.38. The summed E-state index contributed by atoms with van der Waals surface area (Å²) in [5.74, 6) is -0.117. The number of anilines is 1. The predicted octanol–water partition coefficient (Wildman–Crippen LogP) is 4.79. The third-order valence-electron chi connectivity index (χ3n) is 6.61.